The average molecular weight is 302 g/mol. The van der Waals surface area contributed by atoms with Gasteiger partial charge in [0.2, 0.25) is 10.0 Å². The highest BCUT2D eigenvalue weighted by atomic mass is 32.2. The highest BCUT2D eigenvalue weighted by Crippen LogP contribution is 2.25. The number of non-ortho nitro benzene ring substituents is 1. The van der Waals surface area contributed by atoms with Crippen molar-refractivity contribution in [3.8, 4) is 0 Å². The Balaban J connectivity index is 3.27. The summed E-state index contributed by atoms with van der Waals surface area (Å²) in [4.78, 5) is 10.1. The van der Waals surface area contributed by atoms with E-state index in [9.17, 15) is 18.5 Å². The third-order valence-electron chi connectivity index (χ3n) is 3.02. The van der Waals surface area contributed by atoms with E-state index in [1.54, 1.807) is 20.8 Å². The van der Waals surface area contributed by atoms with Crippen LogP contribution in [0.25, 0.3) is 0 Å². The molecule has 2 N–H and O–H groups in total. The minimum Gasteiger partial charge on any atom is -0.396 e. The number of nitro groups is 1. The van der Waals surface area contributed by atoms with Crippen LogP contribution in [-0.2, 0) is 10.0 Å². The maximum Gasteiger partial charge on any atom is 0.271 e. The zero-order chi connectivity index (χ0) is 15.5. The van der Waals surface area contributed by atoms with Gasteiger partial charge in [-0.1, -0.05) is 0 Å². The fourth-order valence-electron chi connectivity index (χ4n) is 1.77. The molecule has 1 atom stereocenters. The van der Waals surface area contributed by atoms with Crippen molar-refractivity contribution < 1.29 is 18.4 Å². The van der Waals surface area contributed by atoms with Crippen LogP contribution in [-0.4, -0.2) is 31.1 Å². The lowest BCUT2D eigenvalue weighted by atomic mass is 10.1. The van der Waals surface area contributed by atoms with Gasteiger partial charge in [0.05, 0.1) is 9.82 Å². The fourth-order valence-corrected chi connectivity index (χ4v) is 3.39. The number of rotatable bonds is 6. The molecule has 1 aromatic rings. The average Bonchev–Trinajstić information content (AvgIpc) is 2.31. The normalized spacial score (nSPS) is 13.2. The highest BCUT2D eigenvalue weighted by molar-refractivity contribution is 7.89. The lowest BCUT2D eigenvalue weighted by Crippen LogP contribution is -2.33. The molecule has 0 aliphatic rings. The van der Waals surface area contributed by atoms with Gasteiger partial charge in [0, 0.05) is 24.8 Å². The first-order valence-electron chi connectivity index (χ1n) is 6.08. The van der Waals surface area contributed by atoms with Gasteiger partial charge in [0.15, 0.2) is 0 Å². The van der Waals surface area contributed by atoms with Gasteiger partial charge in [-0.3, -0.25) is 10.1 Å². The van der Waals surface area contributed by atoms with Crippen molar-refractivity contribution in [3.05, 3.63) is 33.4 Å². The lowest BCUT2D eigenvalue weighted by Gasteiger charge is -2.15. The third-order valence-corrected chi connectivity index (χ3v) is 4.74. The second kappa shape index (κ2) is 6.29. The van der Waals surface area contributed by atoms with E-state index < -0.39 is 21.0 Å². The number of aliphatic hydroxyl groups is 1. The quantitative estimate of drug-likeness (QED) is 0.607. The summed E-state index contributed by atoms with van der Waals surface area (Å²) in [6, 6.07) is 1.94. The molecule has 1 unspecified atom stereocenters. The molecule has 0 bridgehead atoms. The molecule has 7 nitrogen and oxygen atoms in total. The van der Waals surface area contributed by atoms with E-state index in [-0.39, 0.29) is 23.6 Å². The smallest absolute Gasteiger partial charge is 0.271 e. The minimum absolute atomic E-state index is 0.103. The standard InChI is InChI=1S/C12H18N2O5S/c1-8-6-11(14(16)17)7-12(10(8)3)20(18,19)13-9(2)4-5-15/h6-7,9,13,15H,4-5H2,1-3H3. The first-order valence-corrected chi connectivity index (χ1v) is 7.56. The molecule has 0 spiro atoms. The molecule has 0 fully saturated rings. The topological polar surface area (TPSA) is 110 Å². The summed E-state index contributed by atoms with van der Waals surface area (Å²) >= 11 is 0. The molecule has 0 aliphatic heterocycles. The van der Waals surface area contributed by atoms with Gasteiger partial charge in [-0.2, -0.15) is 0 Å². The highest BCUT2D eigenvalue weighted by Gasteiger charge is 2.23. The van der Waals surface area contributed by atoms with Crippen LogP contribution in [0.15, 0.2) is 17.0 Å². The zero-order valence-electron chi connectivity index (χ0n) is 11.6. The van der Waals surface area contributed by atoms with Crippen molar-refractivity contribution in [1.29, 1.82) is 0 Å². The maximum atomic E-state index is 12.2. The van der Waals surface area contributed by atoms with Crippen LogP contribution in [0.3, 0.4) is 0 Å². The summed E-state index contributed by atoms with van der Waals surface area (Å²) in [6.07, 6.45) is 0.270. The molecule has 0 aromatic heterocycles. The number of nitrogens with zero attached hydrogens (tertiary/aromatic N) is 1. The largest absolute Gasteiger partial charge is 0.396 e. The Morgan fingerprint density at radius 2 is 2.00 bits per heavy atom. The molecule has 0 saturated heterocycles. The van der Waals surface area contributed by atoms with E-state index in [2.05, 4.69) is 4.72 Å². The zero-order valence-corrected chi connectivity index (χ0v) is 12.4. The SMILES string of the molecule is Cc1cc([N+](=O)[O-])cc(S(=O)(=O)NC(C)CCO)c1C. The number of benzene rings is 1. The molecular formula is C12H18N2O5S. The number of aliphatic hydroxyl groups excluding tert-OH is 1. The second-order valence-corrected chi connectivity index (χ2v) is 6.36. The Morgan fingerprint density at radius 1 is 1.40 bits per heavy atom. The van der Waals surface area contributed by atoms with Gasteiger partial charge in [-0.15, -0.1) is 0 Å². The first kappa shape index (κ1) is 16.5. The molecule has 1 rings (SSSR count). The fraction of sp³-hybridized carbons (Fsp3) is 0.500. The van der Waals surface area contributed by atoms with Gasteiger partial charge in [0.25, 0.3) is 5.69 Å². The van der Waals surface area contributed by atoms with Crippen LogP contribution in [0.4, 0.5) is 5.69 Å². The van der Waals surface area contributed by atoms with Gasteiger partial charge >= 0.3 is 0 Å². The van der Waals surface area contributed by atoms with Gasteiger partial charge in [-0.05, 0) is 38.3 Å². The Bertz CT molecular complexity index is 613. The molecule has 112 valence electrons. The number of hydrogen-bond acceptors (Lipinski definition) is 5. The molecule has 0 radical (unpaired) electrons. The minimum atomic E-state index is -3.86. The predicted molar refractivity (Wildman–Crippen MR) is 74.1 cm³/mol. The van der Waals surface area contributed by atoms with Crippen molar-refractivity contribution in [2.24, 2.45) is 0 Å². The van der Waals surface area contributed by atoms with Crippen LogP contribution in [0.1, 0.15) is 24.5 Å². The number of hydrogen-bond donors (Lipinski definition) is 2. The van der Waals surface area contributed by atoms with E-state index >= 15 is 0 Å². The third kappa shape index (κ3) is 3.75. The van der Waals surface area contributed by atoms with Gasteiger partial charge < -0.3 is 5.11 Å². The van der Waals surface area contributed by atoms with E-state index in [1.807, 2.05) is 0 Å². The van der Waals surface area contributed by atoms with Crippen molar-refractivity contribution in [2.75, 3.05) is 6.61 Å². The summed E-state index contributed by atoms with van der Waals surface area (Å²) in [5.74, 6) is 0. The number of nitro benzene ring substituents is 1. The summed E-state index contributed by atoms with van der Waals surface area (Å²) < 4.78 is 26.9. The second-order valence-electron chi connectivity index (χ2n) is 4.68. The Labute approximate surface area is 117 Å². The van der Waals surface area contributed by atoms with Crippen LogP contribution in [0.5, 0.6) is 0 Å². The monoisotopic (exact) mass is 302 g/mol. The van der Waals surface area contributed by atoms with Crippen LogP contribution >= 0.6 is 0 Å². The Hall–Kier alpha value is -1.51. The van der Waals surface area contributed by atoms with Crippen molar-refractivity contribution in [3.63, 3.8) is 0 Å². The van der Waals surface area contributed by atoms with E-state index in [0.29, 0.717) is 11.1 Å². The molecule has 0 heterocycles. The molecule has 0 amide bonds. The lowest BCUT2D eigenvalue weighted by molar-refractivity contribution is -0.385. The van der Waals surface area contributed by atoms with Crippen molar-refractivity contribution in [2.45, 2.75) is 38.1 Å². The first-order chi connectivity index (χ1) is 9.19. The Kier molecular flexibility index (Phi) is 5.21. The van der Waals surface area contributed by atoms with Crippen LogP contribution in [0, 0.1) is 24.0 Å². The molecule has 0 saturated carbocycles. The van der Waals surface area contributed by atoms with E-state index in [0.717, 1.165) is 6.07 Å². The van der Waals surface area contributed by atoms with Gasteiger partial charge in [0.1, 0.15) is 0 Å². The van der Waals surface area contributed by atoms with Gasteiger partial charge in [-0.25, -0.2) is 13.1 Å². The predicted octanol–water partition coefficient (Wildman–Crippen LogP) is 1.26. The van der Waals surface area contributed by atoms with Crippen molar-refractivity contribution >= 4 is 15.7 Å². The summed E-state index contributed by atoms with van der Waals surface area (Å²) in [7, 11) is -3.86. The van der Waals surface area contributed by atoms with Crippen LogP contribution in [0.2, 0.25) is 0 Å². The molecule has 8 heteroatoms. The van der Waals surface area contributed by atoms with E-state index in [4.69, 9.17) is 5.11 Å². The number of aryl methyl sites for hydroxylation is 1. The summed E-state index contributed by atoms with van der Waals surface area (Å²) in [5, 5.41) is 19.6. The molecule has 0 aliphatic carbocycles. The molecule has 1 aromatic carbocycles. The van der Waals surface area contributed by atoms with E-state index in [1.165, 1.54) is 6.07 Å². The van der Waals surface area contributed by atoms with Crippen molar-refractivity contribution in [1.82, 2.24) is 4.72 Å². The number of sulfonamides is 1. The van der Waals surface area contributed by atoms with Crippen LogP contribution < -0.4 is 4.72 Å². The Morgan fingerprint density at radius 3 is 2.50 bits per heavy atom. The molecule has 20 heavy (non-hydrogen) atoms. The number of nitrogens with one attached hydrogen (secondary N) is 1. The summed E-state index contributed by atoms with van der Waals surface area (Å²) in [5.41, 5.74) is 0.747. The summed E-state index contributed by atoms with van der Waals surface area (Å²) in [6.45, 7) is 4.70. The molecular weight excluding hydrogens is 284 g/mol. The maximum absolute atomic E-state index is 12.2.